The van der Waals surface area contributed by atoms with Crippen molar-refractivity contribution in [1.82, 2.24) is 0 Å². The Hall–Kier alpha value is -0.650. The molecule has 3 saturated heterocycles. The van der Waals surface area contributed by atoms with Gasteiger partial charge < -0.3 is 100 Å². The molecule has 0 aromatic carbocycles. The molecule has 0 saturated carbocycles. The number of hydrogen-bond acceptors (Lipinski definition) is 22. The standard InChI is InChI=1S/C25H48NO22P/c1-8-13(31)21(47-23-19(37)17(35)15(33)10(5-28)44-23)20(38)24(43-8)46-12(14(32)9(30)4-27)7-42-49(39,40)48-22-18(36)16(34)11(6-29)45-25(22)41-3-2-26/h8-25,27-38H,2-7,26H2,1H3,(H,39,40)/t8-,9-,10+,11+,12+,13-,14-,15+,16-,17-,18-,19+,20+,21+,22+,23+,24-,25-/m0/s1. The van der Waals surface area contributed by atoms with Gasteiger partial charge in [0, 0.05) is 6.54 Å². The van der Waals surface area contributed by atoms with Gasteiger partial charge in [0.2, 0.25) is 0 Å². The third-order valence-electron chi connectivity index (χ3n) is 8.07. The monoisotopic (exact) mass is 745 g/mol. The van der Waals surface area contributed by atoms with Crippen molar-refractivity contribution in [2.24, 2.45) is 5.73 Å². The summed E-state index contributed by atoms with van der Waals surface area (Å²) in [5, 5.41) is 122. The van der Waals surface area contributed by atoms with E-state index in [-0.39, 0.29) is 13.2 Å². The molecule has 1 unspecified atom stereocenters. The first-order chi connectivity index (χ1) is 23.0. The van der Waals surface area contributed by atoms with Gasteiger partial charge in [0.15, 0.2) is 18.9 Å². The Kier molecular flexibility index (Phi) is 16.5. The van der Waals surface area contributed by atoms with Crippen LogP contribution in [0.25, 0.3) is 0 Å². The summed E-state index contributed by atoms with van der Waals surface area (Å²) in [7, 11) is -5.35. The number of nitrogens with two attached hydrogens (primary N) is 1. The predicted octanol–water partition coefficient (Wildman–Crippen LogP) is -8.35. The Labute approximate surface area is 279 Å². The maximum Gasteiger partial charge on any atom is 0.472 e. The molecule has 3 rings (SSSR count). The van der Waals surface area contributed by atoms with Crippen molar-refractivity contribution in [2.75, 3.05) is 39.6 Å². The van der Waals surface area contributed by atoms with Crippen LogP contribution in [0.3, 0.4) is 0 Å². The van der Waals surface area contributed by atoms with Crippen LogP contribution in [-0.4, -0.2) is 216 Å². The van der Waals surface area contributed by atoms with E-state index in [4.69, 9.17) is 43.2 Å². The lowest BCUT2D eigenvalue weighted by molar-refractivity contribution is -0.363. The highest BCUT2D eigenvalue weighted by molar-refractivity contribution is 7.47. The van der Waals surface area contributed by atoms with Gasteiger partial charge in [0.1, 0.15) is 85.5 Å². The van der Waals surface area contributed by atoms with Gasteiger partial charge in [-0.1, -0.05) is 0 Å². The SMILES string of the molecule is C[C@@H]1O[C@@H](O[C@H](COP(=O)(O)O[C@H]2[C@@H](OCCN)O[C@H](CO)[C@H](O)[C@@H]2O)[C@@H](O)[C@@H](O)CO)[C@H](O)[C@H](O[C@H]2O[C@H](CO)[C@@H](O)[C@H](O)[C@H]2O)[C@H]1O. The molecule has 0 aliphatic carbocycles. The molecule has 15 N–H and O–H groups in total. The van der Waals surface area contributed by atoms with Gasteiger partial charge in [0.05, 0.1) is 39.1 Å². The van der Waals surface area contributed by atoms with Crippen LogP contribution in [0.2, 0.25) is 0 Å². The average molecular weight is 746 g/mol. The summed E-state index contributed by atoms with van der Waals surface area (Å²) in [6.07, 6.45) is -32.1. The lowest BCUT2D eigenvalue weighted by Gasteiger charge is -2.46. The first kappa shape index (κ1) is 42.8. The van der Waals surface area contributed by atoms with Crippen molar-refractivity contribution in [1.29, 1.82) is 0 Å². The van der Waals surface area contributed by atoms with E-state index < -0.39 is 145 Å². The number of phosphoric ester groups is 1. The Bertz CT molecular complexity index is 1030. The second-order valence-corrected chi connectivity index (χ2v) is 13.0. The maximum absolute atomic E-state index is 13.0. The quantitative estimate of drug-likeness (QED) is 0.0615. The smallest absolute Gasteiger partial charge is 0.394 e. The molecule has 0 bridgehead atoms. The van der Waals surface area contributed by atoms with Crippen LogP contribution >= 0.6 is 7.82 Å². The Morgan fingerprint density at radius 3 is 1.92 bits per heavy atom. The molecule has 0 aromatic heterocycles. The van der Waals surface area contributed by atoms with Crippen molar-refractivity contribution in [3.63, 3.8) is 0 Å². The van der Waals surface area contributed by atoms with E-state index in [1.807, 2.05) is 0 Å². The van der Waals surface area contributed by atoms with E-state index in [2.05, 4.69) is 0 Å². The first-order valence-corrected chi connectivity index (χ1v) is 16.7. The van der Waals surface area contributed by atoms with E-state index >= 15 is 0 Å². The largest absolute Gasteiger partial charge is 0.472 e. The molecule has 0 aromatic rings. The van der Waals surface area contributed by atoms with Crippen LogP contribution in [0.15, 0.2) is 0 Å². The van der Waals surface area contributed by atoms with Crippen molar-refractivity contribution >= 4 is 7.82 Å². The van der Waals surface area contributed by atoms with Gasteiger partial charge in [-0.05, 0) is 6.92 Å². The zero-order valence-electron chi connectivity index (χ0n) is 26.1. The summed E-state index contributed by atoms with van der Waals surface area (Å²) in [5.41, 5.74) is 5.40. The van der Waals surface area contributed by atoms with Crippen LogP contribution < -0.4 is 5.73 Å². The molecule has 3 heterocycles. The molecule has 19 atom stereocenters. The molecule has 3 aliphatic rings. The highest BCUT2D eigenvalue weighted by Crippen LogP contribution is 2.47. The van der Waals surface area contributed by atoms with Gasteiger partial charge in [-0.25, -0.2) is 4.57 Å². The van der Waals surface area contributed by atoms with Gasteiger partial charge in [-0.2, -0.15) is 0 Å². The molecule has 49 heavy (non-hydrogen) atoms. The fraction of sp³-hybridized carbons (Fsp3) is 1.00. The van der Waals surface area contributed by atoms with E-state index in [0.29, 0.717) is 0 Å². The van der Waals surface area contributed by atoms with Gasteiger partial charge in [-0.15, -0.1) is 0 Å². The Morgan fingerprint density at radius 2 is 1.35 bits per heavy atom. The minimum absolute atomic E-state index is 0.0639. The van der Waals surface area contributed by atoms with Crippen molar-refractivity contribution in [3.05, 3.63) is 0 Å². The summed E-state index contributed by atoms with van der Waals surface area (Å²) in [6.45, 7) is -2.79. The molecule has 3 fully saturated rings. The number of aliphatic hydroxyl groups excluding tert-OH is 12. The lowest BCUT2D eigenvalue weighted by Crippen LogP contribution is -2.64. The minimum atomic E-state index is -5.35. The molecule has 23 nitrogen and oxygen atoms in total. The first-order valence-electron chi connectivity index (χ1n) is 15.2. The molecule has 3 aliphatic heterocycles. The van der Waals surface area contributed by atoms with Crippen LogP contribution in [0.5, 0.6) is 0 Å². The van der Waals surface area contributed by atoms with E-state index in [0.717, 1.165) is 0 Å². The summed E-state index contributed by atoms with van der Waals surface area (Å²) < 4.78 is 55.2. The zero-order valence-corrected chi connectivity index (χ0v) is 27.0. The number of aliphatic hydroxyl groups is 12. The fourth-order valence-corrected chi connectivity index (χ4v) is 6.12. The topological polar surface area (TPSA) is 380 Å². The third kappa shape index (κ3) is 10.5. The second kappa shape index (κ2) is 18.9. The summed E-state index contributed by atoms with van der Waals surface area (Å²) >= 11 is 0. The van der Waals surface area contributed by atoms with Gasteiger partial charge >= 0.3 is 7.82 Å². The average Bonchev–Trinajstić information content (AvgIpc) is 3.07. The molecule has 0 radical (unpaired) electrons. The number of hydrogen-bond donors (Lipinski definition) is 14. The van der Waals surface area contributed by atoms with Gasteiger partial charge in [0.25, 0.3) is 0 Å². The maximum atomic E-state index is 13.0. The molecular formula is C25H48NO22P. The summed E-state index contributed by atoms with van der Waals surface area (Å²) in [4.78, 5) is 10.5. The zero-order chi connectivity index (χ0) is 36.8. The fourth-order valence-electron chi connectivity index (χ4n) is 5.19. The Balaban J connectivity index is 1.76. The molecule has 0 amide bonds. The summed E-state index contributed by atoms with van der Waals surface area (Å²) in [6, 6.07) is 0. The minimum Gasteiger partial charge on any atom is -0.394 e. The number of rotatable bonds is 17. The third-order valence-corrected chi connectivity index (χ3v) is 9.06. The second-order valence-electron chi connectivity index (χ2n) is 11.6. The lowest BCUT2D eigenvalue weighted by atomic mass is 9.97. The number of ether oxygens (including phenoxy) is 6. The van der Waals surface area contributed by atoms with Crippen molar-refractivity contribution < 1.29 is 108 Å². The number of phosphoric acid groups is 1. The molecule has 24 heteroatoms. The molecule has 290 valence electrons. The highest BCUT2D eigenvalue weighted by Gasteiger charge is 2.52. The van der Waals surface area contributed by atoms with Crippen molar-refractivity contribution in [2.45, 2.75) is 117 Å². The van der Waals surface area contributed by atoms with Crippen LogP contribution in [0, 0.1) is 0 Å². The van der Waals surface area contributed by atoms with Crippen LogP contribution in [-0.2, 0) is 42.0 Å². The molecular weight excluding hydrogens is 697 g/mol. The highest BCUT2D eigenvalue weighted by atomic mass is 31.2. The van der Waals surface area contributed by atoms with E-state index in [1.165, 1.54) is 6.92 Å². The Morgan fingerprint density at radius 1 is 0.755 bits per heavy atom. The van der Waals surface area contributed by atoms with Crippen molar-refractivity contribution in [3.8, 4) is 0 Å². The molecule has 0 spiro atoms. The van der Waals surface area contributed by atoms with E-state index in [9.17, 15) is 70.7 Å². The summed E-state index contributed by atoms with van der Waals surface area (Å²) in [5.74, 6) is 0. The van der Waals surface area contributed by atoms with Gasteiger partial charge in [-0.3, -0.25) is 9.05 Å². The normalized spacial score (nSPS) is 43.4. The van der Waals surface area contributed by atoms with Crippen LogP contribution in [0.4, 0.5) is 0 Å². The predicted molar refractivity (Wildman–Crippen MR) is 152 cm³/mol. The van der Waals surface area contributed by atoms with E-state index in [1.54, 1.807) is 0 Å². The van der Waals surface area contributed by atoms with Crippen LogP contribution in [0.1, 0.15) is 6.92 Å².